The van der Waals surface area contributed by atoms with E-state index in [1.165, 1.54) is 32.5 Å². The Balaban J connectivity index is 1.67. The summed E-state index contributed by atoms with van der Waals surface area (Å²) in [5.41, 5.74) is 2.22. The number of amides is 2. The quantitative estimate of drug-likeness (QED) is 0.572. The van der Waals surface area contributed by atoms with Crippen molar-refractivity contribution in [3.05, 3.63) is 40.9 Å². The number of fused-ring (bicyclic) bond motifs is 1. The van der Waals surface area contributed by atoms with Gasteiger partial charge in [0.25, 0.3) is 0 Å². The molecule has 0 aliphatic heterocycles. The van der Waals surface area contributed by atoms with Crippen molar-refractivity contribution in [1.82, 2.24) is 4.98 Å². The smallest absolute Gasteiger partial charge is 0.224 e. The van der Waals surface area contributed by atoms with Crippen LogP contribution in [0.2, 0.25) is 5.02 Å². The number of methoxy groups -OCH3 is 2. The Labute approximate surface area is 177 Å². The van der Waals surface area contributed by atoms with Gasteiger partial charge in [0.2, 0.25) is 11.8 Å². The molecular formula is C20H20ClN3O4S. The van der Waals surface area contributed by atoms with E-state index in [0.29, 0.717) is 33.8 Å². The number of nitrogens with zero attached hydrogens (tertiary/aromatic N) is 1. The topological polar surface area (TPSA) is 89.5 Å². The minimum atomic E-state index is -0.182. The highest BCUT2D eigenvalue weighted by Gasteiger charge is 2.14. The van der Waals surface area contributed by atoms with Crippen molar-refractivity contribution in [3.8, 4) is 11.5 Å². The number of ether oxygens (including phenoxy) is 2. The van der Waals surface area contributed by atoms with Crippen LogP contribution in [-0.4, -0.2) is 31.0 Å². The first kappa shape index (κ1) is 20.9. The molecule has 7 nitrogen and oxygen atoms in total. The van der Waals surface area contributed by atoms with Crippen LogP contribution >= 0.6 is 22.9 Å². The van der Waals surface area contributed by atoms with E-state index >= 15 is 0 Å². The second-order valence-electron chi connectivity index (χ2n) is 6.24. The van der Waals surface area contributed by atoms with E-state index in [9.17, 15) is 9.59 Å². The first-order chi connectivity index (χ1) is 13.9. The second-order valence-corrected chi connectivity index (χ2v) is 7.67. The van der Waals surface area contributed by atoms with Crippen LogP contribution in [0.3, 0.4) is 0 Å². The first-order valence-electron chi connectivity index (χ1n) is 8.78. The highest BCUT2D eigenvalue weighted by Crippen LogP contribution is 2.37. The van der Waals surface area contributed by atoms with Crippen molar-refractivity contribution in [2.75, 3.05) is 24.9 Å². The number of halogens is 1. The van der Waals surface area contributed by atoms with Crippen LogP contribution in [0.5, 0.6) is 11.5 Å². The van der Waals surface area contributed by atoms with Gasteiger partial charge in [0, 0.05) is 25.5 Å². The largest absolute Gasteiger partial charge is 0.497 e. The van der Waals surface area contributed by atoms with Crippen molar-refractivity contribution in [2.45, 2.75) is 19.8 Å². The molecule has 1 aromatic heterocycles. The van der Waals surface area contributed by atoms with Gasteiger partial charge in [-0.2, -0.15) is 0 Å². The average Bonchev–Trinajstić information content (AvgIpc) is 3.08. The summed E-state index contributed by atoms with van der Waals surface area (Å²) in [6, 6.07) is 9.06. The predicted molar refractivity (Wildman–Crippen MR) is 115 cm³/mol. The number of anilines is 2. The molecule has 0 fully saturated rings. The minimum Gasteiger partial charge on any atom is -0.497 e. The molecule has 0 radical (unpaired) electrons. The number of carbonyl (C=O) groups is 2. The second kappa shape index (κ2) is 9.11. The molecule has 152 valence electrons. The van der Waals surface area contributed by atoms with E-state index in [1.807, 2.05) is 18.2 Å². The maximum absolute atomic E-state index is 12.4. The van der Waals surface area contributed by atoms with Crippen LogP contribution in [0, 0.1) is 0 Å². The molecule has 9 heteroatoms. The molecule has 29 heavy (non-hydrogen) atoms. The molecule has 2 amide bonds. The third-order valence-electron chi connectivity index (χ3n) is 4.12. The van der Waals surface area contributed by atoms with Crippen molar-refractivity contribution < 1.29 is 19.1 Å². The van der Waals surface area contributed by atoms with Gasteiger partial charge < -0.3 is 20.1 Å². The molecular weight excluding hydrogens is 414 g/mol. The fourth-order valence-corrected chi connectivity index (χ4v) is 3.97. The molecule has 0 unspecified atom stereocenters. The number of hydrogen-bond donors (Lipinski definition) is 2. The van der Waals surface area contributed by atoms with Crippen LogP contribution in [-0.2, 0) is 16.0 Å². The van der Waals surface area contributed by atoms with E-state index in [-0.39, 0.29) is 18.2 Å². The number of hydrogen-bond acceptors (Lipinski definition) is 6. The van der Waals surface area contributed by atoms with Gasteiger partial charge in [0.1, 0.15) is 17.2 Å². The fraction of sp³-hybridized carbons (Fsp3) is 0.250. The van der Waals surface area contributed by atoms with Crippen molar-refractivity contribution in [2.24, 2.45) is 0 Å². The number of nitrogens with one attached hydrogen (secondary N) is 2. The SMILES string of the molecule is COc1cc(Cl)c(NC(=O)CCc2ccc3nc(NC(C)=O)sc3c2)c(OC)c1. The summed E-state index contributed by atoms with van der Waals surface area (Å²) in [7, 11) is 3.03. The predicted octanol–water partition coefficient (Wildman–Crippen LogP) is 4.50. The summed E-state index contributed by atoms with van der Waals surface area (Å²) >= 11 is 7.64. The van der Waals surface area contributed by atoms with Crippen molar-refractivity contribution in [1.29, 1.82) is 0 Å². The zero-order chi connectivity index (χ0) is 21.0. The van der Waals surface area contributed by atoms with Crippen LogP contribution < -0.4 is 20.1 Å². The normalized spacial score (nSPS) is 10.6. The maximum atomic E-state index is 12.4. The van der Waals surface area contributed by atoms with E-state index in [4.69, 9.17) is 21.1 Å². The lowest BCUT2D eigenvalue weighted by Crippen LogP contribution is -2.13. The summed E-state index contributed by atoms with van der Waals surface area (Å²) in [4.78, 5) is 28.0. The standard InChI is InChI=1S/C20H20ClN3O4S/c1-11(25)22-20-23-15-6-4-12(8-17(15)29-20)5-7-18(26)24-19-14(21)9-13(27-2)10-16(19)28-3/h4,6,8-10H,5,7H2,1-3H3,(H,24,26)(H,22,23,25). The first-order valence-corrected chi connectivity index (χ1v) is 9.97. The number of thiazole rings is 1. The van der Waals surface area contributed by atoms with E-state index < -0.39 is 0 Å². The molecule has 0 spiro atoms. The number of benzene rings is 2. The molecule has 3 aromatic rings. The minimum absolute atomic E-state index is 0.159. The summed E-state index contributed by atoms with van der Waals surface area (Å²) in [5.74, 6) is 0.632. The Bertz CT molecular complexity index is 1070. The third-order valence-corrected chi connectivity index (χ3v) is 5.36. The highest BCUT2D eigenvalue weighted by molar-refractivity contribution is 7.22. The van der Waals surface area contributed by atoms with Gasteiger partial charge >= 0.3 is 0 Å². The molecule has 0 aliphatic carbocycles. The molecule has 0 aliphatic rings. The lowest BCUT2D eigenvalue weighted by Gasteiger charge is -2.13. The van der Waals surface area contributed by atoms with E-state index in [0.717, 1.165) is 15.8 Å². The zero-order valence-corrected chi connectivity index (χ0v) is 17.7. The third kappa shape index (κ3) is 5.16. The Kier molecular flexibility index (Phi) is 6.56. The van der Waals surface area contributed by atoms with E-state index in [1.54, 1.807) is 12.1 Å². The monoisotopic (exact) mass is 433 g/mol. The maximum Gasteiger partial charge on any atom is 0.224 e. The molecule has 0 bridgehead atoms. The van der Waals surface area contributed by atoms with Crippen molar-refractivity contribution in [3.63, 3.8) is 0 Å². The summed E-state index contributed by atoms with van der Waals surface area (Å²) in [6.07, 6.45) is 0.819. The number of rotatable bonds is 7. The van der Waals surface area contributed by atoms with Crippen LogP contribution in [0.1, 0.15) is 18.9 Å². The Hall–Kier alpha value is -2.84. The van der Waals surface area contributed by atoms with Gasteiger partial charge in [-0.15, -0.1) is 0 Å². The average molecular weight is 434 g/mol. The molecule has 0 saturated carbocycles. The molecule has 1 heterocycles. The lowest BCUT2D eigenvalue weighted by atomic mass is 10.1. The van der Waals surface area contributed by atoms with Gasteiger partial charge in [0.05, 0.1) is 29.5 Å². The lowest BCUT2D eigenvalue weighted by molar-refractivity contribution is -0.116. The fourth-order valence-electron chi connectivity index (χ4n) is 2.75. The number of aryl methyl sites for hydroxylation is 1. The van der Waals surface area contributed by atoms with Gasteiger partial charge in [-0.05, 0) is 24.1 Å². The molecule has 0 saturated heterocycles. The Morgan fingerprint density at radius 3 is 2.62 bits per heavy atom. The molecule has 3 rings (SSSR count). The molecule has 0 atom stereocenters. The summed E-state index contributed by atoms with van der Waals surface area (Å²) in [6.45, 7) is 1.44. The summed E-state index contributed by atoms with van der Waals surface area (Å²) in [5, 5.41) is 6.39. The number of carbonyl (C=O) groups excluding carboxylic acids is 2. The van der Waals surface area contributed by atoms with Gasteiger partial charge in [0.15, 0.2) is 5.13 Å². The highest BCUT2D eigenvalue weighted by atomic mass is 35.5. The zero-order valence-electron chi connectivity index (χ0n) is 16.2. The Morgan fingerprint density at radius 1 is 1.14 bits per heavy atom. The van der Waals surface area contributed by atoms with Crippen molar-refractivity contribution >= 4 is 55.8 Å². The van der Waals surface area contributed by atoms with Gasteiger partial charge in [-0.1, -0.05) is 29.0 Å². The summed E-state index contributed by atoms with van der Waals surface area (Å²) < 4.78 is 11.4. The van der Waals surface area contributed by atoms with Crippen LogP contribution in [0.25, 0.3) is 10.2 Å². The van der Waals surface area contributed by atoms with Gasteiger partial charge in [-0.25, -0.2) is 4.98 Å². The van der Waals surface area contributed by atoms with Gasteiger partial charge in [-0.3, -0.25) is 9.59 Å². The van der Waals surface area contributed by atoms with E-state index in [2.05, 4.69) is 15.6 Å². The van der Waals surface area contributed by atoms with Crippen LogP contribution in [0.15, 0.2) is 30.3 Å². The molecule has 2 aromatic carbocycles. The number of aromatic nitrogens is 1. The Morgan fingerprint density at radius 2 is 1.93 bits per heavy atom. The van der Waals surface area contributed by atoms with Crippen LogP contribution in [0.4, 0.5) is 10.8 Å². The molecule has 2 N–H and O–H groups in total.